The van der Waals surface area contributed by atoms with Crippen molar-refractivity contribution in [1.29, 1.82) is 0 Å². The van der Waals surface area contributed by atoms with Crippen molar-refractivity contribution in [1.82, 2.24) is 15.4 Å². The second-order valence-corrected chi connectivity index (χ2v) is 16.2. The second-order valence-electron chi connectivity index (χ2n) is 16.2. The number of aromatic nitrogens is 1. The lowest BCUT2D eigenvalue weighted by molar-refractivity contribution is 0.0342. The number of allylic oxidation sites excluding steroid dienone is 3. The van der Waals surface area contributed by atoms with Crippen LogP contribution in [0.15, 0.2) is 76.9 Å². The molecule has 2 heterocycles. The van der Waals surface area contributed by atoms with Gasteiger partial charge in [0.15, 0.2) is 11.5 Å². The van der Waals surface area contributed by atoms with Gasteiger partial charge in [-0.2, -0.15) is 0 Å². The molecule has 4 aromatic rings. The average molecular weight is 806 g/mol. The SMILES string of the molecule is C=C(C)C1CCC(C)=CC1c1c(O)cc(CCCCC)cc1OC(=O)Oc1cc(O)c(-c2onc(C(=O)NCC)c2-c2ccc(CN3CCOCC3)cc2)cc1C(C)C. The summed E-state index contributed by atoms with van der Waals surface area (Å²) in [6, 6.07) is 14.5. The minimum absolute atomic E-state index is 0.0496. The van der Waals surface area contributed by atoms with E-state index in [-0.39, 0.29) is 57.8 Å². The molecule has 1 aliphatic carbocycles. The lowest BCUT2D eigenvalue weighted by atomic mass is 9.73. The predicted octanol–water partition coefficient (Wildman–Crippen LogP) is 10.5. The normalized spacial score (nSPS) is 17.1. The maximum atomic E-state index is 13.8. The van der Waals surface area contributed by atoms with Crippen molar-refractivity contribution in [2.24, 2.45) is 5.92 Å². The van der Waals surface area contributed by atoms with Crippen LogP contribution in [0.5, 0.6) is 23.0 Å². The predicted molar refractivity (Wildman–Crippen MR) is 229 cm³/mol. The zero-order chi connectivity index (χ0) is 42.2. The molecule has 2 atom stereocenters. The number of unbranched alkanes of at least 4 members (excludes halogenated alkanes) is 2. The van der Waals surface area contributed by atoms with Crippen molar-refractivity contribution < 1.29 is 38.5 Å². The number of phenolic OH excluding ortho intramolecular Hbond substituents is 2. The highest BCUT2D eigenvalue weighted by Crippen LogP contribution is 2.48. The van der Waals surface area contributed by atoms with Crippen molar-refractivity contribution in [3.05, 3.63) is 100 Å². The van der Waals surface area contributed by atoms with E-state index in [0.29, 0.717) is 48.4 Å². The van der Waals surface area contributed by atoms with Crippen LogP contribution < -0.4 is 14.8 Å². The van der Waals surface area contributed by atoms with E-state index in [0.717, 1.165) is 68.4 Å². The van der Waals surface area contributed by atoms with E-state index in [1.54, 1.807) is 12.1 Å². The maximum Gasteiger partial charge on any atom is 0.519 e. The minimum atomic E-state index is -1.01. The lowest BCUT2D eigenvalue weighted by Gasteiger charge is -2.32. The van der Waals surface area contributed by atoms with Crippen LogP contribution in [0.4, 0.5) is 4.79 Å². The fraction of sp³-hybridized carbons (Fsp3) is 0.438. The number of hydrogen-bond acceptors (Lipinski definition) is 10. The molecule has 1 aliphatic heterocycles. The number of morpholine rings is 1. The van der Waals surface area contributed by atoms with Crippen molar-refractivity contribution >= 4 is 12.1 Å². The number of carbonyl (C=O) groups excluding carboxylic acids is 2. The first-order chi connectivity index (χ1) is 28.4. The topological polar surface area (TPSA) is 144 Å². The standard InChI is InChI=1S/C48H59N3O8/c1-8-10-11-12-33-24-40(53)44(37-23-31(7)13-18-35(37)29(3)4)42(25-33)58-48(55)57-41-27-39(52)38(26-36(41)30(5)6)46-43(45(50-59-46)47(54)49-9-2)34-16-14-32(15-17-34)28-51-19-21-56-22-20-51/h14-17,23-27,30,35,37,52-53H,3,8-13,18-22,28H2,1-2,4-7H3,(H,49,54). The Bertz CT molecular complexity index is 2160. The summed E-state index contributed by atoms with van der Waals surface area (Å²) in [7, 11) is 0. The molecule has 1 fully saturated rings. The molecule has 11 heteroatoms. The molecule has 6 rings (SSSR count). The van der Waals surface area contributed by atoms with Crippen LogP contribution in [0.1, 0.15) is 118 Å². The highest BCUT2D eigenvalue weighted by atomic mass is 16.7. The van der Waals surface area contributed by atoms with Gasteiger partial charge in [-0.25, -0.2) is 4.79 Å². The number of rotatable bonds is 15. The van der Waals surface area contributed by atoms with Crippen molar-refractivity contribution in [3.8, 4) is 45.4 Å². The fourth-order valence-corrected chi connectivity index (χ4v) is 8.16. The number of amides is 1. The van der Waals surface area contributed by atoms with E-state index in [4.69, 9.17) is 18.7 Å². The van der Waals surface area contributed by atoms with Gasteiger partial charge in [-0.3, -0.25) is 9.69 Å². The minimum Gasteiger partial charge on any atom is -0.507 e. The van der Waals surface area contributed by atoms with E-state index in [2.05, 4.69) is 41.9 Å². The van der Waals surface area contributed by atoms with Gasteiger partial charge in [0.05, 0.1) is 24.3 Å². The first kappa shape index (κ1) is 43.2. The first-order valence-corrected chi connectivity index (χ1v) is 21.0. The highest BCUT2D eigenvalue weighted by molar-refractivity contribution is 6.02. The Hall–Kier alpha value is -5.39. The molecule has 11 nitrogen and oxygen atoms in total. The molecule has 3 aromatic carbocycles. The molecule has 1 aromatic heterocycles. The second kappa shape index (κ2) is 19.6. The van der Waals surface area contributed by atoms with Crippen molar-refractivity contribution in [3.63, 3.8) is 0 Å². The number of ether oxygens (including phenoxy) is 3. The number of aromatic hydroxyl groups is 2. The van der Waals surface area contributed by atoms with E-state index < -0.39 is 12.1 Å². The van der Waals surface area contributed by atoms with Gasteiger partial charge in [0.25, 0.3) is 5.91 Å². The molecule has 2 unspecified atom stereocenters. The van der Waals surface area contributed by atoms with E-state index in [1.165, 1.54) is 11.6 Å². The van der Waals surface area contributed by atoms with Gasteiger partial charge in [-0.05, 0) is 98.7 Å². The van der Waals surface area contributed by atoms with Crippen LogP contribution in [0.25, 0.3) is 22.5 Å². The number of benzene rings is 3. The lowest BCUT2D eigenvalue weighted by Crippen LogP contribution is -2.35. The summed E-state index contributed by atoms with van der Waals surface area (Å²) in [5.74, 6) is -0.437. The molecule has 1 saturated heterocycles. The van der Waals surface area contributed by atoms with E-state index in [9.17, 15) is 19.8 Å². The van der Waals surface area contributed by atoms with Crippen LogP contribution in [-0.4, -0.2) is 65.2 Å². The number of hydrogen-bond donors (Lipinski definition) is 3. The van der Waals surface area contributed by atoms with E-state index in [1.807, 2.05) is 58.0 Å². The third-order valence-electron chi connectivity index (χ3n) is 11.3. The molecular formula is C48H59N3O8. The van der Waals surface area contributed by atoms with Gasteiger partial charge in [0, 0.05) is 43.7 Å². The number of aryl methyl sites for hydroxylation is 1. The fourth-order valence-electron chi connectivity index (χ4n) is 8.16. The molecule has 0 saturated carbocycles. The summed E-state index contributed by atoms with van der Waals surface area (Å²) in [5.41, 5.74) is 6.74. The monoisotopic (exact) mass is 805 g/mol. The third-order valence-corrected chi connectivity index (χ3v) is 11.3. The van der Waals surface area contributed by atoms with Gasteiger partial charge in [0.1, 0.15) is 23.0 Å². The highest BCUT2D eigenvalue weighted by Gasteiger charge is 2.33. The Morgan fingerprint density at radius 2 is 1.71 bits per heavy atom. The molecule has 2 aliphatic rings. The summed E-state index contributed by atoms with van der Waals surface area (Å²) in [6.45, 7) is 20.4. The van der Waals surface area contributed by atoms with Gasteiger partial charge in [-0.1, -0.05) is 86.8 Å². The zero-order valence-corrected chi connectivity index (χ0v) is 35.4. The number of nitrogens with one attached hydrogen (secondary N) is 1. The molecule has 0 bridgehead atoms. The largest absolute Gasteiger partial charge is 0.519 e. The molecule has 1 amide bonds. The van der Waals surface area contributed by atoms with Gasteiger partial charge in [-0.15, -0.1) is 0 Å². The first-order valence-electron chi connectivity index (χ1n) is 21.0. The van der Waals surface area contributed by atoms with Crippen LogP contribution in [0.2, 0.25) is 0 Å². The Morgan fingerprint density at radius 1 is 0.983 bits per heavy atom. The third kappa shape index (κ3) is 10.3. The van der Waals surface area contributed by atoms with Crippen molar-refractivity contribution in [2.45, 2.75) is 98.4 Å². The summed E-state index contributed by atoms with van der Waals surface area (Å²) < 4.78 is 23.3. The van der Waals surface area contributed by atoms with Crippen molar-refractivity contribution in [2.75, 3.05) is 32.8 Å². The molecule has 0 radical (unpaired) electrons. The summed E-state index contributed by atoms with van der Waals surface area (Å²) in [6.07, 6.45) is 6.64. The van der Waals surface area contributed by atoms with Crippen LogP contribution in [-0.2, 0) is 17.7 Å². The van der Waals surface area contributed by atoms with Gasteiger partial charge in [0.2, 0.25) is 0 Å². The number of carbonyl (C=O) groups is 2. The Morgan fingerprint density at radius 3 is 2.39 bits per heavy atom. The molecule has 3 N–H and O–H groups in total. The summed E-state index contributed by atoms with van der Waals surface area (Å²) in [4.78, 5) is 29.4. The summed E-state index contributed by atoms with van der Waals surface area (Å²) in [5, 5.41) is 30.2. The number of phenols is 2. The van der Waals surface area contributed by atoms with E-state index >= 15 is 0 Å². The molecule has 0 spiro atoms. The van der Waals surface area contributed by atoms with Gasteiger partial charge >= 0.3 is 6.16 Å². The zero-order valence-electron chi connectivity index (χ0n) is 35.4. The Kier molecular flexibility index (Phi) is 14.3. The number of nitrogens with zero attached hydrogens (tertiary/aromatic N) is 2. The Balaban J connectivity index is 1.34. The Labute approximate surface area is 348 Å². The average Bonchev–Trinajstić information content (AvgIpc) is 3.63. The molecule has 314 valence electrons. The summed E-state index contributed by atoms with van der Waals surface area (Å²) >= 11 is 0. The molecule has 59 heavy (non-hydrogen) atoms. The van der Waals surface area contributed by atoms with Crippen LogP contribution >= 0.6 is 0 Å². The van der Waals surface area contributed by atoms with Gasteiger partial charge < -0.3 is 34.3 Å². The van der Waals surface area contributed by atoms with Crippen LogP contribution in [0.3, 0.4) is 0 Å². The maximum absolute atomic E-state index is 13.8. The van der Waals surface area contributed by atoms with Crippen LogP contribution in [0, 0.1) is 5.92 Å². The molecular weight excluding hydrogens is 747 g/mol. The smallest absolute Gasteiger partial charge is 0.507 e. The quantitative estimate of drug-likeness (QED) is 0.0460.